The van der Waals surface area contributed by atoms with Crippen molar-refractivity contribution >= 4 is 29.9 Å². The third-order valence-electron chi connectivity index (χ3n) is 3.90. The summed E-state index contributed by atoms with van der Waals surface area (Å²) < 4.78 is 10.5. The van der Waals surface area contributed by atoms with Crippen LogP contribution in [0.1, 0.15) is 24.7 Å². The molecule has 1 heterocycles. The standard InChI is InChI=1S/C20H29N3O2.HI/c1-17(10-11-18-7-4-3-5-8-18)23-20(22-14-16-24-2)21-13-12-19-9-6-15-25-19;/h3-9,15,17H,10-14,16H2,1-2H3,(H2,21,22,23);1H. The maximum absolute atomic E-state index is 5.36. The van der Waals surface area contributed by atoms with Gasteiger partial charge in [0, 0.05) is 26.1 Å². The van der Waals surface area contributed by atoms with E-state index >= 15 is 0 Å². The molecule has 2 N–H and O–H groups in total. The number of aliphatic imine (C=N–C) groups is 1. The van der Waals surface area contributed by atoms with Crippen LogP contribution in [0.2, 0.25) is 0 Å². The average molecular weight is 471 g/mol. The predicted molar refractivity (Wildman–Crippen MR) is 117 cm³/mol. The van der Waals surface area contributed by atoms with Crippen LogP contribution >= 0.6 is 24.0 Å². The second kappa shape index (κ2) is 13.6. The fourth-order valence-electron chi connectivity index (χ4n) is 2.49. The average Bonchev–Trinajstić information content (AvgIpc) is 3.14. The topological polar surface area (TPSA) is 58.8 Å². The summed E-state index contributed by atoms with van der Waals surface area (Å²) in [5, 5.41) is 6.85. The molecule has 0 saturated carbocycles. The molecule has 0 amide bonds. The molecule has 0 aliphatic heterocycles. The maximum Gasteiger partial charge on any atom is 0.191 e. The minimum absolute atomic E-state index is 0. The lowest BCUT2D eigenvalue weighted by Crippen LogP contribution is -2.43. The van der Waals surface area contributed by atoms with E-state index in [2.05, 4.69) is 52.9 Å². The molecule has 1 unspecified atom stereocenters. The van der Waals surface area contributed by atoms with Gasteiger partial charge in [-0.1, -0.05) is 30.3 Å². The Bertz CT molecular complexity index is 603. The number of methoxy groups -OCH3 is 1. The van der Waals surface area contributed by atoms with E-state index < -0.39 is 0 Å². The zero-order valence-corrected chi connectivity index (χ0v) is 17.9. The lowest BCUT2D eigenvalue weighted by Gasteiger charge is -2.18. The van der Waals surface area contributed by atoms with Gasteiger partial charge >= 0.3 is 0 Å². The number of aryl methyl sites for hydroxylation is 1. The Labute approximate surface area is 173 Å². The van der Waals surface area contributed by atoms with Gasteiger partial charge in [0.25, 0.3) is 0 Å². The molecule has 1 atom stereocenters. The normalized spacial score (nSPS) is 12.3. The summed E-state index contributed by atoms with van der Waals surface area (Å²) in [6.45, 7) is 4.21. The van der Waals surface area contributed by atoms with Crippen molar-refractivity contribution in [2.24, 2.45) is 4.99 Å². The predicted octanol–water partition coefficient (Wildman–Crippen LogP) is 3.64. The van der Waals surface area contributed by atoms with Crippen molar-refractivity contribution in [2.75, 3.05) is 26.8 Å². The van der Waals surface area contributed by atoms with Gasteiger partial charge in [0.1, 0.15) is 5.76 Å². The minimum atomic E-state index is 0. The fraction of sp³-hybridized carbons (Fsp3) is 0.450. The Hall–Kier alpha value is -1.54. The quantitative estimate of drug-likeness (QED) is 0.241. The molecule has 26 heavy (non-hydrogen) atoms. The lowest BCUT2D eigenvalue weighted by atomic mass is 10.1. The van der Waals surface area contributed by atoms with Crippen LogP contribution in [0.25, 0.3) is 0 Å². The molecule has 1 aromatic carbocycles. The van der Waals surface area contributed by atoms with Gasteiger partial charge in [-0.2, -0.15) is 0 Å². The number of hydrogen-bond acceptors (Lipinski definition) is 3. The largest absolute Gasteiger partial charge is 0.469 e. The molecular formula is C20H30IN3O2. The van der Waals surface area contributed by atoms with Crippen LogP contribution in [0, 0.1) is 0 Å². The molecule has 6 heteroatoms. The molecule has 0 bridgehead atoms. The van der Waals surface area contributed by atoms with Crippen molar-refractivity contribution in [1.82, 2.24) is 10.6 Å². The summed E-state index contributed by atoms with van der Waals surface area (Å²) in [6.07, 6.45) is 4.63. The number of nitrogens with one attached hydrogen (secondary N) is 2. The van der Waals surface area contributed by atoms with E-state index in [1.54, 1.807) is 13.4 Å². The smallest absolute Gasteiger partial charge is 0.191 e. The second-order valence-corrected chi connectivity index (χ2v) is 6.05. The van der Waals surface area contributed by atoms with Gasteiger partial charge in [0.15, 0.2) is 5.96 Å². The van der Waals surface area contributed by atoms with Crippen LogP contribution in [0.5, 0.6) is 0 Å². The summed E-state index contributed by atoms with van der Waals surface area (Å²) in [4.78, 5) is 4.57. The Morgan fingerprint density at radius 1 is 1.15 bits per heavy atom. The minimum Gasteiger partial charge on any atom is -0.469 e. The SMILES string of the molecule is COCCN=C(NCCc1ccco1)NC(C)CCc1ccccc1.I. The molecule has 2 aromatic rings. The molecular weight excluding hydrogens is 441 g/mol. The van der Waals surface area contributed by atoms with Crippen LogP contribution in [-0.2, 0) is 17.6 Å². The number of benzene rings is 1. The van der Waals surface area contributed by atoms with E-state index in [-0.39, 0.29) is 24.0 Å². The number of furan rings is 1. The van der Waals surface area contributed by atoms with Crippen LogP contribution in [0.4, 0.5) is 0 Å². The summed E-state index contributed by atoms with van der Waals surface area (Å²) in [7, 11) is 1.69. The molecule has 2 rings (SSSR count). The highest BCUT2D eigenvalue weighted by atomic mass is 127. The van der Waals surface area contributed by atoms with Gasteiger partial charge in [0.05, 0.1) is 19.4 Å². The van der Waals surface area contributed by atoms with E-state index in [1.807, 2.05) is 12.1 Å². The summed E-state index contributed by atoms with van der Waals surface area (Å²) in [5.41, 5.74) is 1.36. The third-order valence-corrected chi connectivity index (χ3v) is 3.90. The van der Waals surface area contributed by atoms with Gasteiger partial charge in [-0.3, -0.25) is 4.99 Å². The van der Waals surface area contributed by atoms with Gasteiger partial charge in [-0.15, -0.1) is 24.0 Å². The Balaban J connectivity index is 0.00000338. The molecule has 0 fully saturated rings. The van der Waals surface area contributed by atoms with Gasteiger partial charge in [0.2, 0.25) is 0 Å². The van der Waals surface area contributed by atoms with Crippen molar-refractivity contribution in [3.63, 3.8) is 0 Å². The molecule has 0 radical (unpaired) electrons. The highest BCUT2D eigenvalue weighted by molar-refractivity contribution is 14.0. The molecule has 144 valence electrons. The first-order valence-electron chi connectivity index (χ1n) is 8.88. The third kappa shape index (κ3) is 9.24. The van der Waals surface area contributed by atoms with Gasteiger partial charge < -0.3 is 19.8 Å². The first-order valence-corrected chi connectivity index (χ1v) is 8.88. The number of guanidine groups is 1. The summed E-state index contributed by atoms with van der Waals surface area (Å²) >= 11 is 0. The molecule has 5 nitrogen and oxygen atoms in total. The number of ether oxygens (including phenoxy) is 1. The number of nitrogens with zero attached hydrogens (tertiary/aromatic N) is 1. The van der Waals surface area contributed by atoms with E-state index in [4.69, 9.17) is 9.15 Å². The van der Waals surface area contributed by atoms with E-state index in [0.717, 1.165) is 37.5 Å². The number of rotatable bonds is 10. The van der Waals surface area contributed by atoms with Crippen LogP contribution in [-0.4, -0.2) is 38.8 Å². The second-order valence-electron chi connectivity index (χ2n) is 6.05. The van der Waals surface area contributed by atoms with Gasteiger partial charge in [-0.05, 0) is 37.5 Å². The Kier molecular flexibility index (Phi) is 11.8. The molecule has 0 aliphatic rings. The zero-order chi connectivity index (χ0) is 17.7. The molecule has 0 aliphatic carbocycles. The van der Waals surface area contributed by atoms with Gasteiger partial charge in [-0.25, -0.2) is 0 Å². The van der Waals surface area contributed by atoms with Crippen LogP contribution in [0.3, 0.4) is 0 Å². The Morgan fingerprint density at radius 3 is 2.65 bits per heavy atom. The summed E-state index contributed by atoms with van der Waals surface area (Å²) in [5.74, 6) is 1.80. The lowest BCUT2D eigenvalue weighted by molar-refractivity contribution is 0.208. The molecule has 0 saturated heterocycles. The van der Waals surface area contributed by atoms with E-state index in [1.165, 1.54) is 5.56 Å². The van der Waals surface area contributed by atoms with Crippen LogP contribution < -0.4 is 10.6 Å². The fourth-order valence-corrected chi connectivity index (χ4v) is 2.49. The van der Waals surface area contributed by atoms with Crippen molar-refractivity contribution in [3.8, 4) is 0 Å². The van der Waals surface area contributed by atoms with Crippen molar-refractivity contribution in [2.45, 2.75) is 32.2 Å². The molecule has 1 aromatic heterocycles. The first kappa shape index (κ1) is 22.5. The van der Waals surface area contributed by atoms with E-state index in [9.17, 15) is 0 Å². The first-order chi connectivity index (χ1) is 12.3. The number of hydrogen-bond donors (Lipinski definition) is 2. The van der Waals surface area contributed by atoms with Crippen molar-refractivity contribution < 1.29 is 9.15 Å². The van der Waals surface area contributed by atoms with Crippen LogP contribution in [0.15, 0.2) is 58.1 Å². The highest BCUT2D eigenvalue weighted by Gasteiger charge is 2.06. The highest BCUT2D eigenvalue weighted by Crippen LogP contribution is 2.05. The number of halogens is 1. The monoisotopic (exact) mass is 471 g/mol. The van der Waals surface area contributed by atoms with E-state index in [0.29, 0.717) is 19.2 Å². The van der Waals surface area contributed by atoms with Crippen molar-refractivity contribution in [3.05, 3.63) is 60.1 Å². The summed E-state index contributed by atoms with van der Waals surface area (Å²) in [6, 6.07) is 14.8. The molecule has 0 spiro atoms. The zero-order valence-electron chi connectivity index (χ0n) is 15.6. The van der Waals surface area contributed by atoms with Crippen molar-refractivity contribution in [1.29, 1.82) is 0 Å². The maximum atomic E-state index is 5.36. The Morgan fingerprint density at radius 2 is 1.96 bits per heavy atom.